The van der Waals surface area contributed by atoms with Gasteiger partial charge in [0.2, 0.25) is 5.91 Å². The molecule has 1 amide bonds. The summed E-state index contributed by atoms with van der Waals surface area (Å²) in [7, 11) is 0. The minimum Gasteiger partial charge on any atom is -0.386 e. The molecule has 0 radical (unpaired) electrons. The minimum absolute atomic E-state index is 0.00465. The Kier molecular flexibility index (Phi) is 4.25. The molecule has 0 aromatic carbocycles. The van der Waals surface area contributed by atoms with Gasteiger partial charge in [0, 0.05) is 26.1 Å². The molecule has 0 spiro atoms. The maximum Gasteiger partial charge on any atom is 0.227 e. The van der Waals surface area contributed by atoms with Crippen molar-refractivity contribution < 1.29 is 14.6 Å². The standard InChI is InChI=1S/C13H24N2O3/c14-8-12(4-2-1-3-5-12)11(16)15-9-13(17)6-7-18-10-13/h17H,1-10,14H2,(H,15,16). The lowest BCUT2D eigenvalue weighted by Gasteiger charge is -2.35. The fourth-order valence-electron chi connectivity index (χ4n) is 2.92. The summed E-state index contributed by atoms with van der Waals surface area (Å²) in [6.07, 6.45) is 5.64. The minimum atomic E-state index is -0.889. The quantitative estimate of drug-likeness (QED) is 0.669. The van der Waals surface area contributed by atoms with Gasteiger partial charge in [-0.25, -0.2) is 0 Å². The second-order valence-corrected chi connectivity index (χ2v) is 5.75. The van der Waals surface area contributed by atoms with Crippen molar-refractivity contribution in [3.63, 3.8) is 0 Å². The predicted octanol–water partition coefficient (Wildman–Crippen LogP) is 0.163. The smallest absolute Gasteiger partial charge is 0.227 e. The average Bonchev–Trinajstić information content (AvgIpc) is 2.84. The number of rotatable bonds is 4. The van der Waals surface area contributed by atoms with Gasteiger partial charge >= 0.3 is 0 Å². The Labute approximate surface area is 108 Å². The van der Waals surface area contributed by atoms with Crippen molar-refractivity contribution in [2.24, 2.45) is 11.1 Å². The van der Waals surface area contributed by atoms with Crippen molar-refractivity contribution in [3.8, 4) is 0 Å². The van der Waals surface area contributed by atoms with Gasteiger partial charge in [0.15, 0.2) is 0 Å². The number of hydrogen-bond acceptors (Lipinski definition) is 4. The first-order chi connectivity index (χ1) is 8.60. The van der Waals surface area contributed by atoms with Crippen LogP contribution in [0.4, 0.5) is 0 Å². The lowest BCUT2D eigenvalue weighted by Crippen LogP contribution is -2.51. The zero-order chi connectivity index (χ0) is 13.1. The van der Waals surface area contributed by atoms with E-state index in [2.05, 4.69) is 5.32 Å². The number of ether oxygens (including phenoxy) is 1. The molecule has 1 saturated heterocycles. The van der Waals surface area contributed by atoms with Crippen LogP contribution in [0.2, 0.25) is 0 Å². The second kappa shape index (κ2) is 5.55. The van der Waals surface area contributed by atoms with Gasteiger partial charge < -0.3 is 20.9 Å². The monoisotopic (exact) mass is 256 g/mol. The maximum absolute atomic E-state index is 12.3. The van der Waals surface area contributed by atoms with Crippen LogP contribution in [0, 0.1) is 5.41 Å². The summed E-state index contributed by atoms with van der Waals surface area (Å²) in [5, 5.41) is 13.0. The van der Waals surface area contributed by atoms with Gasteiger partial charge in [-0.2, -0.15) is 0 Å². The first-order valence-electron chi connectivity index (χ1n) is 6.89. The number of aliphatic hydroxyl groups is 1. The van der Waals surface area contributed by atoms with Crippen LogP contribution in [-0.4, -0.2) is 42.9 Å². The molecule has 5 nitrogen and oxygen atoms in total. The molecule has 0 aromatic heterocycles. The summed E-state index contributed by atoms with van der Waals surface area (Å²) in [4.78, 5) is 12.3. The predicted molar refractivity (Wildman–Crippen MR) is 68.0 cm³/mol. The lowest BCUT2D eigenvalue weighted by atomic mass is 9.73. The molecule has 4 N–H and O–H groups in total. The Morgan fingerprint density at radius 3 is 2.56 bits per heavy atom. The number of carbonyl (C=O) groups is 1. The Balaban J connectivity index is 1.89. The molecule has 1 atom stereocenters. The van der Waals surface area contributed by atoms with Crippen LogP contribution < -0.4 is 11.1 Å². The fourth-order valence-corrected chi connectivity index (χ4v) is 2.92. The number of nitrogens with two attached hydrogens (primary N) is 1. The first-order valence-corrected chi connectivity index (χ1v) is 6.89. The molecule has 104 valence electrons. The van der Waals surface area contributed by atoms with Crippen molar-refractivity contribution in [3.05, 3.63) is 0 Å². The summed E-state index contributed by atoms with van der Waals surface area (Å²) in [6, 6.07) is 0. The highest BCUT2D eigenvalue weighted by Gasteiger charge is 2.40. The maximum atomic E-state index is 12.3. The van der Waals surface area contributed by atoms with Crippen LogP contribution in [0.3, 0.4) is 0 Å². The van der Waals surface area contributed by atoms with Crippen molar-refractivity contribution in [2.45, 2.75) is 44.1 Å². The first kappa shape index (κ1) is 13.8. The molecule has 1 saturated carbocycles. The normalized spacial score (nSPS) is 31.2. The molecule has 0 bridgehead atoms. The van der Waals surface area contributed by atoms with Crippen LogP contribution in [-0.2, 0) is 9.53 Å². The summed E-state index contributed by atoms with van der Waals surface area (Å²) in [6.45, 7) is 1.54. The summed E-state index contributed by atoms with van der Waals surface area (Å²) < 4.78 is 5.16. The van der Waals surface area contributed by atoms with Crippen molar-refractivity contribution >= 4 is 5.91 Å². The molecule has 5 heteroatoms. The van der Waals surface area contributed by atoms with Crippen molar-refractivity contribution in [1.82, 2.24) is 5.32 Å². The van der Waals surface area contributed by atoms with Crippen LogP contribution in [0.5, 0.6) is 0 Å². The molecular formula is C13H24N2O3. The molecule has 1 heterocycles. The lowest BCUT2D eigenvalue weighted by molar-refractivity contribution is -0.133. The third-order valence-corrected chi connectivity index (χ3v) is 4.34. The summed E-state index contributed by atoms with van der Waals surface area (Å²) in [5.41, 5.74) is 4.51. The van der Waals surface area contributed by atoms with E-state index >= 15 is 0 Å². The van der Waals surface area contributed by atoms with E-state index in [0.29, 0.717) is 26.2 Å². The van der Waals surface area contributed by atoms with E-state index in [1.807, 2.05) is 0 Å². The summed E-state index contributed by atoms with van der Waals surface area (Å²) >= 11 is 0. The zero-order valence-electron chi connectivity index (χ0n) is 10.9. The highest BCUT2D eigenvalue weighted by molar-refractivity contribution is 5.83. The Hall–Kier alpha value is -0.650. The highest BCUT2D eigenvalue weighted by atomic mass is 16.5. The van der Waals surface area contributed by atoms with E-state index in [-0.39, 0.29) is 12.5 Å². The number of carbonyl (C=O) groups excluding carboxylic acids is 1. The second-order valence-electron chi connectivity index (χ2n) is 5.75. The summed E-state index contributed by atoms with van der Waals surface area (Å²) in [5.74, 6) is 0.00465. The van der Waals surface area contributed by atoms with E-state index in [0.717, 1.165) is 25.7 Å². The van der Waals surface area contributed by atoms with Crippen LogP contribution in [0.15, 0.2) is 0 Å². The van der Waals surface area contributed by atoms with Gasteiger partial charge in [-0.3, -0.25) is 4.79 Å². The van der Waals surface area contributed by atoms with Gasteiger partial charge in [-0.1, -0.05) is 19.3 Å². The molecule has 1 aliphatic carbocycles. The van der Waals surface area contributed by atoms with Crippen molar-refractivity contribution in [2.75, 3.05) is 26.3 Å². The number of nitrogens with one attached hydrogen (secondary N) is 1. The molecule has 18 heavy (non-hydrogen) atoms. The number of amides is 1. The molecule has 2 fully saturated rings. The third-order valence-electron chi connectivity index (χ3n) is 4.34. The number of hydrogen-bond donors (Lipinski definition) is 3. The zero-order valence-corrected chi connectivity index (χ0v) is 10.9. The van der Waals surface area contributed by atoms with Gasteiger partial charge in [-0.15, -0.1) is 0 Å². The third kappa shape index (κ3) is 2.84. The molecular weight excluding hydrogens is 232 g/mol. The van der Waals surface area contributed by atoms with Gasteiger partial charge in [-0.05, 0) is 12.8 Å². The van der Waals surface area contributed by atoms with E-state index in [1.165, 1.54) is 6.42 Å². The van der Waals surface area contributed by atoms with Crippen LogP contribution in [0.25, 0.3) is 0 Å². The van der Waals surface area contributed by atoms with E-state index in [1.54, 1.807) is 0 Å². The largest absolute Gasteiger partial charge is 0.386 e. The van der Waals surface area contributed by atoms with Crippen molar-refractivity contribution in [1.29, 1.82) is 0 Å². The molecule has 0 aromatic rings. The van der Waals surface area contributed by atoms with E-state index in [9.17, 15) is 9.90 Å². The molecule has 1 unspecified atom stereocenters. The topological polar surface area (TPSA) is 84.6 Å². The fraction of sp³-hybridized carbons (Fsp3) is 0.923. The van der Waals surface area contributed by atoms with Gasteiger partial charge in [0.1, 0.15) is 5.60 Å². The highest BCUT2D eigenvalue weighted by Crippen LogP contribution is 2.35. The van der Waals surface area contributed by atoms with E-state index < -0.39 is 11.0 Å². The Morgan fingerprint density at radius 1 is 1.28 bits per heavy atom. The molecule has 2 rings (SSSR count). The molecule has 2 aliphatic rings. The average molecular weight is 256 g/mol. The van der Waals surface area contributed by atoms with Crippen LogP contribution in [0.1, 0.15) is 38.5 Å². The van der Waals surface area contributed by atoms with Gasteiger partial charge in [0.25, 0.3) is 0 Å². The van der Waals surface area contributed by atoms with Crippen LogP contribution >= 0.6 is 0 Å². The Bertz CT molecular complexity index is 295. The van der Waals surface area contributed by atoms with E-state index in [4.69, 9.17) is 10.5 Å². The Morgan fingerprint density at radius 2 is 2.00 bits per heavy atom. The molecule has 1 aliphatic heterocycles. The SMILES string of the molecule is NCC1(C(=O)NCC2(O)CCOC2)CCCCC1. The van der Waals surface area contributed by atoms with Gasteiger partial charge in [0.05, 0.1) is 12.0 Å².